The van der Waals surface area contributed by atoms with Gasteiger partial charge in [-0.15, -0.1) is 11.3 Å². The van der Waals surface area contributed by atoms with E-state index >= 15 is 0 Å². The van der Waals surface area contributed by atoms with Gasteiger partial charge in [0.15, 0.2) is 0 Å². The number of thiophene rings is 1. The van der Waals surface area contributed by atoms with Gasteiger partial charge in [0.05, 0.1) is 17.5 Å². The molecule has 148 valence electrons. The molecule has 2 N–H and O–H groups in total. The summed E-state index contributed by atoms with van der Waals surface area (Å²) in [5, 5.41) is 9.37. The van der Waals surface area contributed by atoms with Gasteiger partial charge in [-0.05, 0) is 50.3 Å². The molecule has 5 nitrogen and oxygen atoms in total. The van der Waals surface area contributed by atoms with Gasteiger partial charge in [0.2, 0.25) is 5.91 Å². The molecule has 2 aromatic rings. The molecule has 1 amide bonds. The summed E-state index contributed by atoms with van der Waals surface area (Å²) < 4.78 is 0. The number of anilines is 1. The molecule has 1 unspecified atom stereocenters. The average molecular weight is 397 g/mol. The van der Waals surface area contributed by atoms with E-state index in [0.717, 1.165) is 35.9 Å². The van der Waals surface area contributed by atoms with Crippen molar-refractivity contribution in [3.05, 3.63) is 52.2 Å². The Kier molecular flexibility index (Phi) is 5.02. The largest absolute Gasteiger partial charge is 0.342 e. The van der Waals surface area contributed by atoms with Crippen molar-refractivity contribution in [2.45, 2.75) is 51.2 Å². The molecule has 0 bridgehead atoms. The summed E-state index contributed by atoms with van der Waals surface area (Å²) in [5.74, 6) is 1.13. The van der Waals surface area contributed by atoms with Crippen molar-refractivity contribution in [1.82, 2.24) is 10.2 Å². The van der Waals surface area contributed by atoms with Crippen LogP contribution in [0.2, 0.25) is 0 Å². The molecule has 1 aromatic carbocycles. The third kappa shape index (κ3) is 3.98. The van der Waals surface area contributed by atoms with Gasteiger partial charge in [0.1, 0.15) is 5.84 Å². The van der Waals surface area contributed by atoms with Crippen molar-refractivity contribution in [3.8, 4) is 0 Å². The molecule has 2 aliphatic rings. The van der Waals surface area contributed by atoms with Gasteiger partial charge in [-0.2, -0.15) is 0 Å². The lowest BCUT2D eigenvalue weighted by molar-refractivity contribution is -0.129. The highest BCUT2D eigenvalue weighted by Gasteiger charge is 2.45. The van der Waals surface area contributed by atoms with Gasteiger partial charge in [0.25, 0.3) is 0 Å². The van der Waals surface area contributed by atoms with E-state index < -0.39 is 0 Å². The fraction of sp³-hybridized carbons (Fsp3) is 0.455. The second kappa shape index (κ2) is 7.33. The molecule has 0 saturated carbocycles. The first kappa shape index (κ1) is 19.2. The summed E-state index contributed by atoms with van der Waals surface area (Å²) in [7, 11) is 0. The molecule has 1 spiro atoms. The van der Waals surface area contributed by atoms with Crippen molar-refractivity contribution >= 4 is 28.8 Å². The minimum Gasteiger partial charge on any atom is -0.342 e. The summed E-state index contributed by atoms with van der Waals surface area (Å²) in [4.78, 5) is 21.0. The number of nitrogens with zero attached hydrogens (tertiary/aromatic N) is 2. The Bertz CT molecular complexity index is 884. The van der Waals surface area contributed by atoms with Crippen LogP contribution in [0.25, 0.3) is 0 Å². The van der Waals surface area contributed by atoms with Gasteiger partial charge >= 0.3 is 0 Å². The summed E-state index contributed by atoms with van der Waals surface area (Å²) in [5.41, 5.74) is 1.78. The number of carbonyl (C=O) groups excluding carboxylic acids is 1. The van der Waals surface area contributed by atoms with Crippen LogP contribution in [0.15, 0.2) is 46.8 Å². The Hall–Kier alpha value is -2.18. The number of amides is 1. The van der Waals surface area contributed by atoms with Crippen LogP contribution >= 0.6 is 11.3 Å². The molecule has 2 aliphatic heterocycles. The molecule has 1 fully saturated rings. The van der Waals surface area contributed by atoms with Crippen molar-refractivity contribution in [2.75, 3.05) is 18.4 Å². The summed E-state index contributed by atoms with van der Waals surface area (Å²) >= 11 is 1.64. The van der Waals surface area contributed by atoms with Gasteiger partial charge in [-0.25, -0.2) is 0 Å². The Morgan fingerprint density at radius 2 is 2.07 bits per heavy atom. The van der Waals surface area contributed by atoms with E-state index in [2.05, 4.69) is 49.6 Å². The van der Waals surface area contributed by atoms with E-state index in [4.69, 9.17) is 4.99 Å². The molecule has 1 aromatic heterocycles. The molecular formula is C22H28N4OS. The average Bonchev–Trinajstić information content (AvgIpc) is 3.27. The lowest BCUT2D eigenvalue weighted by Crippen LogP contribution is -2.56. The summed E-state index contributed by atoms with van der Waals surface area (Å²) in [6, 6.07) is 12.4. The van der Waals surface area contributed by atoms with Crippen molar-refractivity contribution < 1.29 is 4.79 Å². The van der Waals surface area contributed by atoms with E-state index in [1.165, 1.54) is 5.56 Å². The fourth-order valence-corrected chi connectivity index (χ4v) is 4.59. The van der Waals surface area contributed by atoms with E-state index in [0.29, 0.717) is 13.0 Å². The maximum Gasteiger partial charge on any atom is 0.227 e. The quantitative estimate of drug-likeness (QED) is 0.814. The Morgan fingerprint density at radius 1 is 1.25 bits per heavy atom. The third-order valence-electron chi connectivity index (χ3n) is 5.32. The Labute approximate surface area is 170 Å². The number of hydrogen-bond acceptors (Lipinski definition) is 4. The van der Waals surface area contributed by atoms with Gasteiger partial charge in [-0.3, -0.25) is 15.1 Å². The molecule has 3 heterocycles. The lowest BCUT2D eigenvalue weighted by atomic mass is 9.95. The van der Waals surface area contributed by atoms with Crippen LogP contribution in [-0.2, 0) is 17.8 Å². The Balaban J connectivity index is 1.61. The molecule has 6 heteroatoms. The van der Waals surface area contributed by atoms with E-state index in [-0.39, 0.29) is 17.0 Å². The number of nitrogens with one attached hydrogen (secondary N) is 2. The highest BCUT2D eigenvalue weighted by molar-refractivity contribution is 7.10. The molecule has 4 rings (SSSR count). The second-order valence-corrected chi connectivity index (χ2v) is 9.70. The zero-order chi connectivity index (χ0) is 19.8. The van der Waals surface area contributed by atoms with Gasteiger partial charge in [-0.1, -0.05) is 24.3 Å². The minimum absolute atomic E-state index is 0.193. The van der Waals surface area contributed by atoms with E-state index in [1.807, 2.05) is 28.5 Å². The van der Waals surface area contributed by atoms with Gasteiger partial charge in [0, 0.05) is 30.2 Å². The number of carbonyl (C=O) groups is 1. The molecule has 0 radical (unpaired) electrons. The number of benzene rings is 1. The number of para-hydroxylation sites is 1. The van der Waals surface area contributed by atoms with Crippen LogP contribution in [0.5, 0.6) is 0 Å². The predicted octanol–water partition coefficient (Wildman–Crippen LogP) is 3.67. The van der Waals surface area contributed by atoms with Crippen molar-refractivity contribution in [1.29, 1.82) is 0 Å². The number of hydrogen-bond donors (Lipinski definition) is 2. The smallest absolute Gasteiger partial charge is 0.227 e. The molecule has 28 heavy (non-hydrogen) atoms. The lowest BCUT2D eigenvalue weighted by Gasteiger charge is -2.32. The van der Waals surface area contributed by atoms with E-state index in [1.54, 1.807) is 11.3 Å². The third-order valence-corrected chi connectivity index (χ3v) is 6.19. The number of aliphatic imine (C=N–C) groups is 1. The maximum absolute atomic E-state index is 12.9. The van der Waals surface area contributed by atoms with Crippen LogP contribution in [-0.4, -0.2) is 40.8 Å². The highest BCUT2D eigenvalue weighted by Crippen LogP contribution is 2.31. The first-order valence-electron chi connectivity index (χ1n) is 9.85. The second-order valence-electron chi connectivity index (χ2n) is 8.67. The first-order valence-corrected chi connectivity index (χ1v) is 10.7. The minimum atomic E-state index is -0.336. The summed E-state index contributed by atoms with van der Waals surface area (Å²) in [6.07, 6.45) is 1.34. The molecule has 1 saturated heterocycles. The number of fused-ring (bicyclic) bond motifs is 1. The number of likely N-dealkylation sites (tertiary alicyclic amines) is 1. The molecule has 0 aliphatic carbocycles. The topological polar surface area (TPSA) is 56.7 Å². The van der Waals surface area contributed by atoms with Gasteiger partial charge < -0.3 is 10.2 Å². The van der Waals surface area contributed by atoms with Crippen molar-refractivity contribution in [2.24, 2.45) is 4.99 Å². The predicted molar refractivity (Wildman–Crippen MR) is 116 cm³/mol. The van der Waals surface area contributed by atoms with E-state index in [9.17, 15) is 4.79 Å². The fourth-order valence-electron chi connectivity index (χ4n) is 3.90. The highest BCUT2D eigenvalue weighted by atomic mass is 32.1. The number of amidine groups is 1. The van der Waals surface area contributed by atoms with Crippen LogP contribution in [0.1, 0.15) is 37.6 Å². The van der Waals surface area contributed by atoms with Crippen LogP contribution in [0.4, 0.5) is 5.69 Å². The standard InChI is InChI=1S/C22H28N4OS/c1-21(2,3)25-20-22(23-14-16-7-4-5-9-18(16)24-20)10-11-26(15-22)19(27)13-17-8-6-12-28-17/h4-9,12,23H,10-11,13-15H2,1-3H3,(H,24,25). The van der Waals surface area contributed by atoms with Crippen LogP contribution in [0, 0.1) is 0 Å². The van der Waals surface area contributed by atoms with Crippen LogP contribution in [0.3, 0.4) is 0 Å². The maximum atomic E-state index is 12.9. The van der Waals surface area contributed by atoms with Crippen LogP contribution < -0.4 is 10.6 Å². The zero-order valence-corrected chi connectivity index (χ0v) is 17.6. The normalized spacial score (nSPS) is 23.5. The first-order chi connectivity index (χ1) is 13.3. The molecular weight excluding hydrogens is 368 g/mol. The Morgan fingerprint density at radius 3 is 2.82 bits per heavy atom. The SMILES string of the molecule is CC(C)(C)N=C1Nc2ccccc2CNC12CCN(C(=O)Cc1cccs1)C2. The number of rotatable bonds is 2. The van der Waals surface area contributed by atoms with Crippen molar-refractivity contribution in [3.63, 3.8) is 0 Å². The monoisotopic (exact) mass is 396 g/mol. The molecule has 1 atom stereocenters. The zero-order valence-electron chi connectivity index (χ0n) is 16.8. The summed E-state index contributed by atoms with van der Waals surface area (Å²) in [6.45, 7) is 8.49.